The molecule has 0 bridgehead atoms. The van der Waals surface area contributed by atoms with Crippen LogP contribution in [-0.2, 0) is 9.47 Å². The lowest BCUT2D eigenvalue weighted by atomic mass is 10.2. The van der Waals surface area contributed by atoms with Crippen LogP contribution < -0.4 is 4.90 Å². The lowest BCUT2D eigenvalue weighted by molar-refractivity contribution is 0.0600. The summed E-state index contributed by atoms with van der Waals surface area (Å²) < 4.78 is 9.85. The molecule has 0 radical (unpaired) electrons. The molecule has 0 atom stereocenters. The summed E-state index contributed by atoms with van der Waals surface area (Å²) in [6.45, 7) is 1.31. The van der Waals surface area contributed by atoms with Crippen molar-refractivity contribution in [3.63, 3.8) is 0 Å². The quantitative estimate of drug-likeness (QED) is 0.699. The predicted octanol–water partition coefficient (Wildman–Crippen LogP) is 0.878. The van der Waals surface area contributed by atoms with E-state index in [-0.39, 0.29) is 0 Å². The van der Waals surface area contributed by atoms with E-state index in [0.717, 1.165) is 12.8 Å². The minimum atomic E-state index is -0.409. The first-order chi connectivity index (χ1) is 8.77. The Bertz CT molecular complexity index is 421. The monoisotopic (exact) mass is 251 g/mol. The maximum Gasteiger partial charge on any atom is 0.343 e. The topological polar surface area (TPSA) is 64.5 Å². The summed E-state index contributed by atoms with van der Waals surface area (Å²) in [6, 6.07) is 0.443. The van der Waals surface area contributed by atoms with Gasteiger partial charge in [0.2, 0.25) is 0 Å². The molecule has 0 aliphatic heterocycles. The van der Waals surface area contributed by atoms with Gasteiger partial charge in [-0.05, 0) is 12.8 Å². The molecule has 0 N–H and O–H groups in total. The number of carbonyl (C=O) groups is 1. The maximum absolute atomic E-state index is 11.7. The minimum Gasteiger partial charge on any atom is -0.465 e. The highest BCUT2D eigenvalue weighted by Gasteiger charge is 2.32. The van der Waals surface area contributed by atoms with Crippen molar-refractivity contribution in [2.75, 3.05) is 32.3 Å². The van der Waals surface area contributed by atoms with E-state index in [2.05, 4.69) is 14.9 Å². The molecule has 1 fully saturated rings. The summed E-state index contributed by atoms with van der Waals surface area (Å²) in [5.74, 6) is 0.227. The van der Waals surface area contributed by atoms with Crippen LogP contribution in [0, 0.1) is 0 Å². The van der Waals surface area contributed by atoms with Gasteiger partial charge >= 0.3 is 5.97 Å². The molecule has 0 amide bonds. The van der Waals surface area contributed by atoms with Gasteiger partial charge in [0.1, 0.15) is 17.7 Å². The number of rotatable bonds is 6. The first-order valence-electron chi connectivity index (χ1n) is 5.91. The number of aromatic nitrogens is 2. The SMILES string of the molecule is COCCN(c1ncncc1C(=O)OC)C1CC1. The average Bonchev–Trinajstić information content (AvgIpc) is 3.23. The van der Waals surface area contributed by atoms with Crippen LogP contribution in [0.25, 0.3) is 0 Å². The van der Waals surface area contributed by atoms with Crippen molar-refractivity contribution >= 4 is 11.8 Å². The van der Waals surface area contributed by atoms with Crippen LogP contribution in [0.4, 0.5) is 5.82 Å². The third-order valence-electron chi connectivity index (χ3n) is 2.89. The maximum atomic E-state index is 11.7. The van der Waals surface area contributed by atoms with Crippen molar-refractivity contribution in [1.82, 2.24) is 9.97 Å². The molecule has 1 aliphatic rings. The van der Waals surface area contributed by atoms with Gasteiger partial charge in [-0.2, -0.15) is 0 Å². The molecule has 1 saturated carbocycles. The zero-order valence-electron chi connectivity index (χ0n) is 10.6. The standard InChI is InChI=1S/C12H17N3O3/c1-17-6-5-15(9-3-4-9)11-10(12(16)18-2)7-13-8-14-11/h7-9H,3-6H2,1-2H3. The van der Waals surface area contributed by atoms with Crippen LogP contribution in [0.2, 0.25) is 0 Å². The Kier molecular flexibility index (Phi) is 4.09. The number of carbonyl (C=O) groups excluding carboxylic acids is 1. The van der Waals surface area contributed by atoms with Gasteiger partial charge in [0.05, 0.1) is 13.7 Å². The fourth-order valence-corrected chi connectivity index (χ4v) is 1.84. The number of esters is 1. The molecule has 18 heavy (non-hydrogen) atoms. The predicted molar refractivity (Wildman–Crippen MR) is 65.6 cm³/mol. The highest BCUT2D eigenvalue weighted by atomic mass is 16.5. The molecule has 0 saturated heterocycles. The molecular formula is C12H17N3O3. The molecule has 1 heterocycles. The smallest absolute Gasteiger partial charge is 0.343 e. The van der Waals surface area contributed by atoms with Crippen molar-refractivity contribution in [3.05, 3.63) is 18.1 Å². The first-order valence-corrected chi connectivity index (χ1v) is 5.91. The molecule has 0 aromatic carbocycles. The van der Waals surface area contributed by atoms with Gasteiger partial charge in [0.25, 0.3) is 0 Å². The molecule has 98 valence electrons. The normalized spacial score (nSPS) is 14.3. The van der Waals surface area contributed by atoms with Crippen LogP contribution in [0.1, 0.15) is 23.2 Å². The summed E-state index contributed by atoms with van der Waals surface area (Å²) in [7, 11) is 3.02. The Morgan fingerprint density at radius 2 is 2.28 bits per heavy atom. The van der Waals surface area contributed by atoms with E-state index >= 15 is 0 Å². The molecule has 1 aromatic heterocycles. The van der Waals surface area contributed by atoms with Gasteiger partial charge in [-0.15, -0.1) is 0 Å². The van der Waals surface area contributed by atoms with Crippen molar-refractivity contribution in [2.45, 2.75) is 18.9 Å². The van der Waals surface area contributed by atoms with Crippen molar-refractivity contribution in [3.8, 4) is 0 Å². The largest absolute Gasteiger partial charge is 0.465 e. The van der Waals surface area contributed by atoms with Gasteiger partial charge < -0.3 is 14.4 Å². The Labute approximate surface area is 106 Å². The van der Waals surface area contributed by atoms with E-state index < -0.39 is 5.97 Å². The van der Waals surface area contributed by atoms with Gasteiger partial charge in [-0.1, -0.05) is 0 Å². The molecule has 6 heteroatoms. The number of anilines is 1. The summed E-state index contributed by atoms with van der Waals surface area (Å²) in [6.07, 6.45) is 5.18. The molecule has 0 spiro atoms. The van der Waals surface area contributed by atoms with Gasteiger partial charge in [0, 0.05) is 25.9 Å². The number of hydrogen-bond acceptors (Lipinski definition) is 6. The number of methoxy groups -OCH3 is 2. The average molecular weight is 251 g/mol. The van der Waals surface area contributed by atoms with Crippen LogP contribution in [-0.4, -0.2) is 49.4 Å². The Morgan fingerprint density at radius 1 is 1.50 bits per heavy atom. The molecule has 2 rings (SSSR count). The number of nitrogens with zero attached hydrogens (tertiary/aromatic N) is 3. The second-order valence-electron chi connectivity index (χ2n) is 4.17. The van der Waals surface area contributed by atoms with E-state index in [1.807, 2.05) is 0 Å². The Balaban J connectivity index is 2.25. The third kappa shape index (κ3) is 2.76. The van der Waals surface area contributed by atoms with Crippen molar-refractivity contribution in [1.29, 1.82) is 0 Å². The van der Waals surface area contributed by atoms with Gasteiger partial charge in [0.15, 0.2) is 0 Å². The minimum absolute atomic E-state index is 0.406. The molecular weight excluding hydrogens is 234 g/mol. The van der Waals surface area contributed by atoms with E-state index in [1.54, 1.807) is 7.11 Å². The Hall–Kier alpha value is -1.69. The zero-order chi connectivity index (χ0) is 13.0. The highest BCUT2D eigenvalue weighted by Crippen LogP contribution is 2.31. The van der Waals surface area contributed by atoms with Crippen LogP contribution in [0.3, 0.4) is 0 Å². The third-order valence-corrected chi connectivity index (χ3v) is 2.89. The second kappa shape index (κ2) is 5.77. The summed E-state index contributed by atoms with van der Waals surface area (Å²) >= 11 is 0. The molecule has 1 aromatic rings. The fraction of sp³-hybridized carbons (Fsp3) is 0.583. The summed E-state index contributed by atoms with van der Waals surface area (Å²) in [4.78, 5) is 21.9. The summed E-state index contributed by atoms with van der Waals surface area (Å²) in [5, 5.41) is 0. The van der Waals surface area contributed by atoms with E-state index in [1.165, 1.54) is 19.6 Å². The van der Waals surface area contributed by atoms with Crippen molar-refractivity contribution in [2.24, 2.45) is 0 Å². The summed E-state index contributed by atoms with van der Waals surface area (Å²) in [5.41, 5.74) is 0.406. The molecule has 1 aliphatic carbocycles. The molecule has 0 unspecified atom stereocenters. The lowest BCUT2D eigenvalue weighted by Crippen LogP contribution is -2.32. The number of hydrogen-bond donors (Lipinski definition) is 0. The second-order valence-corrected chi connectivity index (χ2v) is 4.17. The van der Waals surface area contributed by atoms with Crippen LogP contribution >= 0.6 is 0 Å². The van der Waals surface area contributed by atoms with Crippen LogP contribution in [0.15, 0.2) is 12.5 Å². The van der Waals surface area contributed by atoms with Gasteiger partial charge in [-0.25, -0.2) is 14.8 Å². The van der Waals surface area contributed by atoms with Crippen molar-refractivity contribution < 1.29 is 14.3 Å². The Morgan fingerprint density at radius 3 is 2.89 bits per heavy atom. The van der Waals surface area contributed by atoms with E-state index in [0.29, 0.717) is 30.6 Å². The van der Waals surface area contributed by atoms with E-state index in [9.17, 15) is 4.79 Å². The van der Waals surface area contributed by atoms with Crippen LogP contribution in [0.5, 0.6) is 0 Å². The first kappa shape index (κ1) is 12.8. The number of ether oxygens (including phenoxy) is 2. The zero-order valence-corrected chi connectivity index (χ0v) is 10.6. The fourth-order valence-electron chi connectivity index (χ4n) is 1.84. The van der Waals surface area contributed by atoms with Gasteiger partial charge in [-0.3, -0.25) is 0 Å². The van der Waals surface area contributed by atoms with E-state index in [4.69, 9.17) is 9.47 Å². The lowest BCUT2D eigenvalue weighted by Gasteiger charge is -2.24. The highest BCUT2D eigenvalue weighted by molar-refractivity contribution is 5.94. The molecule has 6 nitrogen and oxygen atoms in total.